The van der Waals surface area contributed by atoms with Crippen molar-refractivity contribution in [2.45, 2.75) is 25.4 Å². The van der Waals surface area contributed by atoms with Crippen LogP contribution in [0.4, 0.5) is 5.00 Å². The summed E-state index contributed by atoms with van der Waals surface area (Å²) in [6.45, 7) is 0.447. The summed E-state index contributed by atoms with van der Waals surface area (Å²) in [6, 6.07) is 7.80. The number of Topliss-reactive ketones (excluding diaryl/α,β-unsaturated/α-hetero) is 1. The van der Waals surface area contributed by atoms with Crippen LogP contribution in [0.3, 0.4) is 0 Å². The van der Waals surface area contributed by atoms with Gasteiger partial charge in [-0.2, -0.15) is 5.11 Å². The quantitative estimate of drug-likeness (QED) is 0.763. The zero-order chi connectivity index (χ0) is 18.7. The monoisotopic (exact) mass is 391 g/mol. The number of benzene rings is 1. The van der Waals surface area contributed by atoms with Crippen LogP contribution in [0.2, 0.25) is 5.02 Å². The van der Waals surface area contributed by atoms with E-state index in [4.69, 9.17) is 16.7 Å². The molecule has 0 radical (unpaired) electrons. The maximum absolute atomic E-state index is 12.7. The maximum atomic E-state index is 12.7. The van der Waals surface area contributed by atoms with Crippen LogP contribution in [-0.2, 0) is 17.8 Å². The number of ketones is 1. The second kappa shape index (κ2) is 8.07. The minimum Gasteiger partial charge on any atom is -0.396 e. The van der Waals surface area contributed by atoms with Gasteiger partial charge in [-0.15, -0.1) is 16.5 Å². The van der Waals surface area contributed by atoms with E-state index >= 15 is 0 Å². The molecule has 0 saturated carbocycles. The molecule has 1 atom stereocenters. The van der Waals surface area contributed by atoms with E-state index in [2.05, 4.69) is 10.2 Å². The van der Waals surface area contributed by atoms with Gasteiger partial charge in [0.2, 0.25) is 11.8 Å². The SMILES string of the molecule is CN(Cc1ccc(Cl)cc1)C(=O)C1N=Nc2sc(CCCO)cc2C1=O. The van der Waals surface area contributed by atoms with E-state index in [1.54, 1.807) is 25.2 Å². The highest BCUT2D eigenvalue weighted by Crippen LogP contribution is 2.36. The number of carbonyl (C=O) groups excluding carboxylic acids is 2. The molecule has 1 aliphatic heterocycles. The van der Waals surface area contributed by atoms with E-state index in [-0.39, 0.29) is 18.3 Å². The van der Waals surface area contributed by atoms with Gasteiger partial charge in [0, 0.05) is 30.1 Å². The minimum absolute atomic E-state index is 0.0919. The first-order chi connectivity index (χ1) is 12.5. The van der Waals surface area contributed by atoms with Gasteiger partial charge in [-0.3, -0.25) is 9.59 Å². The number of halogens is 1. The number of hydrogen-bond donors (Lipinski definition) is 1. The molecule has 0 fully saturated rings. The van der Waals surface area contributed by atoms with Gasteiger partial charge in [0.15, 0.2) is 0 Å². The van der Waals surface area contributed by atoms with Gasteiger partial charge in [-0.1, -0.05) is 23.7 Å². The maximum Gasteiger partial charge on any atom is 0.257 e. The zero-order valence-electron chi connectivity index (χ0n) is 14.2. The van der Waals surface area contributed by atoms with Crippen LogP contribution >= 0.6 is 22.9 Å². The summed E-state index contributed by atoms with van der Waals surface area (Å²) >= 11 is 7.24. The van der Waals surface area contributed by atoms with Crippen molar-refractivity contribution >= 4 is 39.6 Å². The molecule has 2 heterocycles. The van der Waals surface area contributed by atoms with Crippen LogP contribution in [0.25, 0.3) is 0 Å². The van der Waals surface area contributed by atoms with Crippen LogP contribution in [0.1, 0.15) is 27.2 Å². The highest BCUT2D eigenvalue weighted by Gasteiger charge is 2.35. The third kappa shape index (κ3) is 4.00. The van der Waals surface area contributed by atoms with Crippen LogP contribution in [0.15, 0.2) is 40.6 Å². The van der Waals surface area contributed by atoms with E-state index in [0.717, 1.165) is 10.4 Å². The number of rotatable bonds is 6. The number of carbonyl (C=O) groups is 2. The Hall–Kier alpha value is -2.09. The summed E-state index contributed by atoms with van der Waals surface area (Å²) in [7, 11) is 1.63. The molecule has 0 saturated heterocycles. The molecule has 2 aromatic rings. The summed E-state index contributed by atoms with van der Waals surface area (Å²) in [5.74, 6) is -0.711. The number of amides is 1. The van der Waals surface area contributed by atoms with Crippen LogP contribution < -0.4 is 0 Å². The van der Waals surface area contributed by atoms with Gasteiger partial charge in [0.25, 0.3) is 5.91 Å². The highest BCUT2D eigenvalue weighted by molar-refractivity contribution is 7.16. The normalized spacial score (nSPS) is 15.8. The van der Waals surface area contributed by atoms with Gasteiger partial charge in [0.05, 0.1) is 5.56 Å². The second-order valence-corrected chi connectivity index (χ2v) is 7.61. The first-order valence-corrected chi connectivity index (χ1v) is 9.37. The van der Waals surface area contributed by atoms with Crippen LogP contribution in [0, 0.1) is 0 Å². The number of likely N-dealkylation sites (N-methyl/N-ethyl adjacent to an activating group) is 1. The predicted molar refractivity (Wildman–Crippen MR) is 100 cm³/mol. The third-order valence-electron chi connectivity index (χ3n) is 4.07. The number of aryl methyl sites for hydroxylation is 1. The molecule has 1 aliphatic rings. The molecule has 1 N–H and O–H groups in total. The van der Waals surface area contributed by atoms with E-state index in [1.165, 1.54) is 16.2 Å². The zero-order valence-corrected chi connectivity index (χ0v) is 15.8. The predicted octanol–water partition coefficient (Wildman–Crippen LogP) is 3.63. The standard InChI is InChI=1S/C18H18ClN3O3S/c1-22(10-11-4-6-12(19)7-5-11)18(25)15-16(24)14-9-13(3-2-8-23)26-17(14)21-20-15/h4-7,9,15,23H,2-3,8,10H2,1H3. The summed E-state index contributed by atoms with van der Waals surface area (Å²) < 4.78 is 0. The van der Waals surface area contributed by atoms with Crippen molar-refractivity contribution in [3.8, 4) is 0 Å². The number of aliphatic hydroxyl groups excluding tert-OH is 1. The lowest BCUT2D eigenvalue weighted by Gasteiger charge is -2.21. The molecular formula is C18H18ClN3O3S. The number of nitrogens with zero attached hydrogens (tertiary/aromatic N) is 3. The van der Waals surface area contributed by atoms with Gasteiger partial charge >= 0.3 is 0 Å². The smallest absolute Gasteiger partial charge is 0.257 e. The minimum atomic E-state index is -1.14. The van der Waals surface area contributed by atoms with E-state index in [1.807, 2.05) is 12.1 Å². The third-order valence-corrected chi connectivity index (χ3v) is 5.40. The lowest BCUT2D eigenvalue weighted by Crippen LogP contribution is -2.40. The number of hydrogen-bond acceptors (Lipinski definition) is 6. The molecule has 26 heavy (non-hydrogen) atoms. The molecule has 8 heteroatoms. The lowest BCUT2D eigenvalue weighted by molar-refractivity contribution is -0.130. The Balaban J connectivity index is 1.71. The van der Waals surface area contributed by atoms with Crippen molar-refractivity contribution in [2.24, 2.45) is 10.2 Å². The molecule has 0 aliphatic carbocycles. The van der Waals surface area contributed by atoms with Crippen LogP contribution in [-0.4, -0.2) is 41.4 Å². The topological polar surface area (TPSA) is 82.3 Å². The molecule has 0 bridgehead atoms. The van der Waals surface area contributed by atoms with Crippen molar-refractivity contribution < 1.29 is 14.7 Å². The summed E-state index contributed by atoms with van der Waals surface area (Å²) in [4.78, 5) is 27.8. The van der Waals surface area contributed by atoms with Crippen molar-refractivity contribution in [3.05, 3.63) is 51.4 Å². The first-order valence-electron chi connectivity index (χ1n) is 8.17. The Morgan fingerprint density at radius 1 is 1.35 bits per heavy atom. The van der Waals surface area contributed by atoms with E-state index in [9.17, 15) is 9.59 Å². The Morgan fingerprint density at radius 2 is 2.08 bits per heavy atom. The fraction of sp³-hybridized carbons (Fsp3) is 0.333. The lowest BCUT2D eigenvalue weighted by atomic mass is 10.0. The van der Waals surface area contributed by atoms with E-state index < -0.39 is 6.04 Å². The number of fused-ring (bicyclic) bond motifs is 1. The molecule has 1 unspecified atom stereocenters. The van der Waals surface area contributed by atoms with Gasteiger partial charge in [-0.05, 0) is 36.6 Å². The highest BCUT2D eigenvalue weighted by atomic mass is 35.5. The average Bonchev–Trinajstić information content (AvgIpc) is 3.05. The van der Waals surface area contributed by atoms with Crippen molar-refractivity contribution in [1.29, 1.82) is 0 Å². The Bertz CT molecular complexity index is 848. The molecule has 1 amide bonds. The Labute approximate surface area is 160 Å². The number of thiophene rings is 1. The Kier molecular flexibility index (Phi) is 5.80. The summed E-state index contributed by atoms with van der Waals surface area (Å²) in [5.41, 5.74) is 1.35. The molecule has 1 aromatic carbocycles. The molecule has 6 nitrogen and oxygen atoms in total. The molecule has 1 aromatic heterocycles. The Morgan fingerprint density at radius 3 is 2.77 bits per heavy atom. The average molecular weight is 392 g/mol. The summed E-state index contributed by atoms with van der Waals surface area (Å²) in [6.07, 6.45) is 1.29. The van der Waals surface area contributed by atoms with Gasteiger partial charge in [-0.25, -0.2) is 0 Å². The van der Waals surface area contributed by atoms with E-state index in [0.29, 0.717) is 35.0 Å². The van der Waals surface area contributed by atoms with Crippen molar-refractivity contribution in [2.75, 3.05) is 13.7 Å². The molecule has 136 valence electrons. The number of aliphatic hydroxyl groups is 1. The van der Waals surface area contributed by atoms with Gasteiger partial charge < -0.3 is 10.0 Å². The fourth-order valence-corrected chi connectivity index (χ4v) is 3.84. The largest absolute Gasteiger partial charge is 0.396 e. The van der Waals surface area contributed by atoms with Crippen molar-refractivity contribution in [3.63, 3.8) is 0 Å². The first kappa shape index (κ1) is 18.7. The van der Waals surface area contributed by atoms with Crippen LogP contribution in [0.5, 0.6) is 0 Å². The second-order valence-electron chi connectivity index (χ2n) is 6.06. The summed E-state index contributed by atoms with van der Waals surface area (Å²) in [5, 5.41) is 18.1. The fourth-order valence-electron chi connectivity index (χ4n) is 2.68. The number of azo groups is 1. The van der Waals surface area contributed by atoms with Crippen molar-refractivity contribution in [1.82, 2.24) is 4.90 Å². The molecular weight excluding hydrogens is 374 g/mol. The molecule has 0 spiro atoms. The van der Waals surface area contributed by atoms with Gasteiger partial charge in [0.1, 0.15) is 5.00 Å². The molecule has 3 rings (SSSR count).